The Kier molecular flexibility index (Phi) is 6.21. The first kappa shape index (κ1) is 18.7. The van der Waals surface area contributed by atoms with Gasteiger partial charge in [-0.05, 0) is 48.9 Å². The highest BCUT2D eigenvalue weighted by Gasteiger charge is 2.27. The van der Waals surface area contributed by atoms with Gasteiger partial charge in [0.05, 0.1) is 12.1 Å². The van der Waals surface area contributed by atoms with E-state index in [1.54, 1.807) is 7.11 Å². The number of benzene rings is 2. The molecule has 2 rings (SSSR count). The summed E-state index contributed by atoms with van der Waals surface area (Å²) < 4.78 is 17.0. The molecule has 2 aromatic rings. The average molecular weight is 396 g/mol. The lowest BCUT2D eigenvalue weighted by molar-refractivity contribution is -0.150. The lowest BCUT2D eigenvalue weighted by atomic mass is 10.1. The van der Waals surface area contributed by atoms with Crippen LogP contribution in [0.15, 0.2) is 40.9 Å². The largest absolute Gasteiger partial charge is 0.455 e. The van der Waals surface area contributed by atoms with E-state index >= 15 is 0 Å². The van der Waals surface area contributed by atoms with Gasteiger partial charge in [0.1, 0.15) is 5.75 Å². The molecule has 1 unspecified atom stereocenters. The molecule has 6 heteroatoms. The Hall–Kier alpha value is -1.63. The average Bonchev–Trinajstić information content (AvgIpc) is 2.51. The molecule has 0 bridgehead atoms. The molecule has 0 saturated carbocycles. The van der Waals surface area contributed by atoms with E-state index in [-0.39, 0.29) is 5.91 Å². The Bertz CT molecular complexity index is 717. The zero-order chi connectivity index (χ0) is 17.7. The molecular formula is C18H22BrNO4. The van der Waals surface area contributed by atoms with Gasteiger partial charge in [-0.25, -0.2) is 0 Å². The summed E-state index contributed by atoms with van der Waals surface area (Å²) in [5.41, 5.74) is -0.514. The van der Waals surface area contributed by atoms with Gasteiger partial charge in [-0.3, -0.25) is 4.79 Å². The van der Waals surface area contributed by atoms with Crippen LogP contribution in [-0.4, -0.2) is 38.6 Å². The minimum Gasteiger partial charge on any atom is -0.455 e. The first-order valence-corrected chi connectivity index (χ1v) is 8.34. The van der Waals surface area contributed by atoms with Crippen molar-refractivity contribution in [3.05, 3.63) is 40.9 Å². The quantitative estimate of drug-likeness (QED) is 0.728. The Morgan fingerprint density at radius 1 is 1.17 bits per heavy atom. The van der Waals surface area contributed by atoms with Gasteiger partial charge in [0.2, 0.25) is 0 Å². The molecule has 2 aromatic carbocycles. The van der Waals surface area contributed by atoms with Crippen molar-refractivity contribution in [3.63, 3.8) is 0 Å². The van der Waals surface area contributed by atoms with E-state index in [4.69, 9.17) is 14.2 Å². The number of fused-ring (bicyclic) bond motifs is 1. The molecule has 130 valence electrons. The molecule has 0 heterocycles. The van der Waals surface area contributed by atoms with Gasteiger partial charge in [0.25, 0.3) is 12.2 Å². The number of amides is 1. The maximum absolute atomic E-state index is 12.4. The summed E-state index contributed by atoms with van der Waals surface area (Å²) in [6.45, 7) is 4.13. The number of hydrogen-bond donors (Lipinski definition) is 1. The molecular weight excluding hydrogens is 374 g/mol. The molecule has 0 radical (unpaired) electrons. The maximum atomic E-state index is 12.4. The van der Waals surface area contributed by atoms with Gasteiger partial charge in [-0.15, -0.1) is 0 Å². The molecule has 0 spiro atoms. The van der Waals surface area contributed by atoms with Gasteiger partial charge < -0.3 is 19.5 Å². The zero-order valence-electron chi connectivity index (χ0n) is 14.3. The van der Waals surface area contributed by atoms with Crippen LogP contribution in [0.1, 0.15) is 13.8 Å². The van der Waals surface area contributed by atoms with E-state index in [0.29, 0.717) is 12.4 Å². The highest BCUT2D eigenvalue weighted by molar-refractivity contribution is 9.10. The van der Waals surface area contributed by atoms with Crippen LogP contribution in [0.2, 0.25) is 0 Å². The van der Waals surface area contributed by atoms with Crippen molar-refractivity contribution >= 4 is 32.6 Å². The summed E-state index contributed by atoms with van der Waals surface area (Å²) >= 11 is 3.45. The van der Waals surface area contributed by atoms with Crippen LogP contribution in [0.25, 0.3) is 10.8 Å². The normalized spacial score (nSPS) is 12.9. The fraction of sp³-hybridized carbons (Fsp3) is 0.389. The Balaban J connectivity index is 2.13. The second-order valence-electron chi connectivity index (χ2n) is 6.14. The van der Waals surface area contributed by atoms with Crippen LogP contribution in [0.5, 0.6) is 5.75 Å². The van der Waals surface area contributed by atoms with E-state index in [2.05, 4.69) is 21.2 Å². The zero-order valence-corrected chi connectivity index (χ0v) is 15.8. The van der Waals surface area contributed by atoms with Gasteiger partial charge in [0.15, 0.2) is 0 Å². The third kappa shape index (κ3) is 4.93. The summed E-state index contributed by atoms with van der Waals surface area (Å²) in [6, 6.07) is 11.6. The van der Waals surface area contributed by atoms with E-state index in [1.807, 2.05) is 50.2 Å². The van der Waals surface area contributed by atoms with Crippen LogP contribution < -0.4 is 10.1 Å². The highest BCUT2D eigenvalue weighted by Crippen LogP contribution is 2.25. The Morgan fingerprint density at radius 3 is 2.54 bits per heavy atom. The standard InChI is InChI=1S/C18H22BrNO4/c1-18(2,11-22-3)20-16(21)17(23-4)24-15-8-6-12-5-7-14(19)9-13(12)10-15/h5-10,17H,11H2,1-4H3,(H,20,21). The molecule has 1 atom stereocenters. The van der Waals surface area contributed by atoms with E-state index < -0.39 is 11.8 Å². The summed E-state index contributed by atoms with van der Waals surface area (Å²) in [5.74, 6) is 0.209. The fourth-order valence-electron chi connectivity index (χ4n) is 2.39. The molecule has 0 fully saturated rings. The summed E-state index contributed by atoms with van der Waals surface area (Å²) in [7, 11) is 3.02. The lowest BCUT2D eigenvalue weighted by Gasteiger charge is -2.27. The highest BCUT2D eigenvalue weighted by atomic mass is 79.9. The molecule has 1 N–H and O–H groups in total. The van der Waals surface area contributed by atoms with Crippen molar-refractivity contribution in [1.82, 2.24) is 5.32 Å². The van der Waals surface area contributed by atoms with E-state index in [9.17, 15) is 4.79 Å². The van der Waals surface area contributed by atoms with Crippen molar-refractivity contribution in [2.24, 2.45) is 0 Å². The number of carbonyl (C=O) groups is 1. The first-order valence-electron chi connectivity index (χ1n) is 7.54. The predicted octanol–water partition coefficient (Wildman–Crippen LogP) is 3.49. The molecule has 24 heavy (non-hydrogen) atoms. The van der Waals surface area contributed by atoms with E-state index in [0.717, 1.165) is 15.2 Å². The molecule has 0 aliphatic carbocycles. The second-order valence-corrected chi connectivity index (χ2v) is 7.06. The lowest BCUT2D eigenvalue weighted by Crippen LogP contribution is -2.52. The number of halogens is 1. The number of rotatable bonds is 7. The number of ether oxygens (including phenoxy) is 3. The van der Waals surface area contributed by atoms with Crippen LogP contribution in [0, 0.1) is 0 Å². The van der Waals surface area contributed by atoms with Gasteiger partial charge in [-0.2, -0.15) is 0 Å². The number of carbonyl (C=O) groups excluding carboxylic acids is 1. The minimum absolute atomic E-state index is 0.353. The van der Waals surface area contributed by atoms with Crippen molar-refractivity contribution in [3.8, 4) is 5.75 Å². The molecule has 5 nitrogen and oxygen atoms in total. The van der Waals surface area contributed by atoms with Crippen molar-refractivity contribution < 1.29 is 19.0 Å². The molecule has 1 amide bonds. The van der Waals surface area contributed by atoms with Crippen LogP contribution in [-0.2, 0) is 14.3 Å². The second kappa shape index (κ2) is 7.96. The molecule has 0 aliphatic heterocycles. The van der Waals surface area contributed by atoms with Crippen LogP contribution in [0.3, 0.4) is 0 Å². The predicted molar refractivity (Wildman–Crippen MR) is 97.2 cm³/mol. The van der Waals surface area contributed by atoms with E-state index in [1.165, 1.54) is 7.11 Å². The monoisotopic (exact) mass is 395 g/mol. The topological polar surface area (TPSA) is 56.8 Å². The van der Waals surface area contributed by atoms with Crippen molar-refractivity contribution in [1.29, 1.82) is 0 Å². The number of hydrogen-bond acceptors (Lipinski definition) is 4. The first-order chi connectivity index (χ1) is 11.3. The van der Waals surface area contributed by atoms with Crippen molar-refractivity contribution in [2.45, 2.75) is 25.7 Å². The Morgan fingerprint density at radius 2 is 1.88 bits per heavy atom. The fourth-order valence-corrected chi connectivity index (χ4v) is 2.77. The third-order valence-electron chi connectivity index (χ3n) is 3.41. The Labute approximate surface area is 150 Å². The van der Waals surface area contributed by atoms with Crippen LogP contribution >= 0.6 is 15.9 Å². The minimum atomic E-state index is -1.04. The number of nitrogens with one attached hydrogen (secondary N) is 1. The van der Waals surface area contributed by atoms with Crippen molar-refractivity contribution in [2.75, 3.05) is 20.8 Å². The SMILES string of the molecule is COCC(C)(C)NC(=O)C(OC)Oc1ccc2ccc(Br)cc2c1. The van der Waals surface area contributed by atoms with Gasteiger partial charge in [0, 0.05) is 18.7 Å². The van der Waals surface area contributed by atoms with Gasteiger partial charge >= 0.3 is 0 Å². The van der Waals surface area contributed by atoms with Crippen LogP contribution in [0.4, 0.5) is 0 Å². The summed E-state index contributed by atoms with van der Waals surface area (Å²) in [5, 5.41) is 4.95. The smallest absolute Gasteiger partial charge is 0.290 e. The summed E-state index contributed by atoms with van der Waals surface area (Å²) in [6.07, 6.45) is -1.04. The van der Waals surface area contributed by atoms with Gasteiger partial charge in [-0.1, -0.05) is 28.1 Å². The maximum Gasteiger partial charge on any atom is 0.290 e. The summed E-state index contributed by atoms with van der Waals surface area (Å²) in [4.78, 5) is 12.4. The molecule has 0 aromatic heterocycles. The molecule has 0 aliphatic rings. The number of methoxy groups -OCH3 is 2. The third-order valence-corrected chi connectivity index (χ3v) is 3.91. The molecule has 0 saturated heterocycles.